The lowest BCUT2D eigenvalue weighted by atomic mass is 10.4. The Morgan fingerprint density at radius 1 is 1.69 bits per heavy atom. The van der Waals surface area contributed by atoms with Crippen molar-refractivity contribution < 1.29 is 4.92 Å². The highest BCUT2D eigenvalue weighted by molar-refractivity contribution is 5.54. The molecule has 1 rings (SSSR count). The Hall–Kier alpha value is -1.65. The second-order valence-electron chi connectivity index (χ2n) is 2.56. The summed E-state index contributed by atoms with van der Waals surface area (Å²) in [6.07, 6.45) is 2.44. The summed E-state index contributed by atoms with van der Waals surface area (Å²) < 4.78 is 0. The van der Waals surface area contributed by atoms with Crippen LogP contribution in [0.2, 0.25) is 0 Å². The normalized spacial score (nSPS) is 9.62. The van der Waals surface area contributed by atoms with Crippen molar-refractivity contribution in [1.29, 1.82) is 0 Å². The van der Waals surface area contributed by atoms with Crippen LogP contribution in [0.5, 0.6) is 0 Å². The van der Waals surface area contributed by atoms with Gasteiger partial charge in [0.2, 0.25) is 5.82 Å². The molecular weight excluding hydrogens is 170 g/mol. The van der Waals surface area contributed by atoms with Crippen LogP contribution < -0.4 is 5.32 Å². The van der Waals surface area contributed by atoms with Crippen molar-refractivity contribution in [1.82, 2.24) is 4.98 Å². The molecule has 0 unspecified atom stereocenters. The smallest absolute Gasteiger partial charge is 0.311 e. The van der Waals surface area contributed by atoms with E-state index in [-0.39, 0.29) is 5.69 Å². The maximum atomic E-state index is 10.5. The molecule has 1 N–H and O–H groups in total. The van der Waals surface area contributed by atoms with Gasteiger partial charge in [0.15, 0.2) is 0 Å². The SMILES string of the molecule is CCCNc1ncccc1[N+](=O)[O-]. The van der Waals surface area contributed by atoms with Crippen molar-refractivity contribution in [2.75, 3.05) is 11.9 Å². The molecule has 13 heavy (non-hydrogen) atoms. The van der Waals surface area contributed by atoms with Crippen LogP contribution in [0.3, 0.4) is 0 Å². The van der Waals surface area contributed by atoms with Crippen LogP contribution in [0, 0.1) is 10.1 Å². The second-order valence-corrected chi connectivity index (χ2v) is 2.56. The van der Waals surface area contributed by atoms with Gasteiger partial charge < -0.3 is 5.32 Å². The van der Waals surface area contributed by atoms with E-state index < -0.39 is 4.92 Å². The summed E-state index contributed by atoms with van der Waals surface area (Å²) in [6.45, 7) is 2.68. The Morgan fingerprint density at radius 2 is 2.46 bits per heavy atom. The second kappa shape index (κ2) is 4.39. The average Bonchev–Trinajstić information content (AvgIpc) is 2.15. The first-order chi connectivity index (χ1) is 6.25. The van der Waals surface area contributed by atoms with Gasteiger partial charge in [-0.15, -0.1) is 0 Å². The first-order valence-corrected chi connectivity index (χ1v) is 4.09. The Labute approximate surface area is 75.9 Å². The highest BCUT2D eigenvalue weighted by Gasteiger charge is 2.12. The van der Waals surface area contributed by atoms with E-state index in [2.05, 4.69) is 10.3 Å². The zero-order valence-electron chi connectivity index (χ0n) is 7.36. The molecule has 70 valence electrons. The Bertz CT molecular complexity index is 301. The van der Waals surface area contributed by atoms with Crippen molar-refractivity contribution in [2.24, 2.45) is 0 Å². The minimum atomic E-state index is -0.439. The molecule has 5 heteroatoms. The molecule has 0 aliphatic rings. The summed E-state index contributed by atoms with van der Waals surface area (Å²) in [5.41, 5.74) is 0.0240. The maximum absolute atomic E-state index is 10.5. The van der Waals surface area contributed by atoms with Crippen LogP contribution >= 0.6 is 0 Å². The van der Waals surface area contributed by atoms with E-state index >= 15 is 0 Å². The van der Waals surface area contributed by atoms with Gasteiger partial charge >= 0.3 is 5.69 Å². The Balaban J connectivity index is 2.84. The van der Waals surface area contributed by atoms with E-state index in [1.807, 2.05) is 6.92 Å². The molecule has 0 atom stereocenters. The lowest BCUT2D eigenvalue weighted by Crippen LogP contribution is -2.04. The van der Waals surface area contributed by atoms with Crippen molar-refractivity contribution in [3.63, 3.8) is 0 Å². The van der Waals surface area contributed by atoms with Crippen LogP contribution in [0.15, 0.2) is 18.3 Å². The van der Waals surface area contributed by atoms with Gasteiger partial charge in [0.05, 0.1) is 4.92 Å². The fourth-order valence-corrected chi connectivity index (χ4v) is 0.924. The number of nitrogens with one attached hydrogen (secondary N) is 1. The predicted octanol–water partition coefficient (Wildman–Crippen LogP) is 1.81. The number of pyridine rings is 1. The van der Waals surface area contributed by atoms with Crippen LogP contribution in [0.4, 0.5) is 11.5 Å². The molecule has 1 aromatic heterocycles. The molecule has 0 spiro atoms. The zero-order valence-corrected chi connectivity index (χ0v) is 7.36. The first kappa shape index (κ1) is 9.44. The molecule has 0 amide bonds. The van der Waals surface area contributed by atoms with E-state index in [0.29, 0.717) is 12.4 Å². The van der Waals surface area contributed by atoms with Crippen LogP contribution in [-0.4, -0.2) is 16.5 Å². The number of nitrogens with zero attached hydrogens (tertiary/aromatic N) is 2. The van der Waals surface area contributed by atoms with Crippen LogP contribution in [0.25, 0.3) is 0 Å². The third kappa shape index (κ3) is 2.40. The standard InChI is InChI=1S/C8H11N3O2/c1-2-5-9-8-7(11(12)13)4-3-6-10-8/h3-4,6H,2,5H2,1H3,(H,9,10). The molecule has 5 nitrogen and oxygen atoms in total. The Kier molecular flexibility index (Phi) is 3.19. The fraction of sp³-hybridized carbons (Fsp3) is 0.375. The molecule has 0 fully saturated rings. The van der Waals surface area contributed by atoms with Gasteiger partial charge in [-0.05, 0) is 12.5 Å². The monoisotopic (exact) mass is 181 g/mol. The van der Waals surface area contributed by atoms with Gasteiger partial charge in [0, 0.05) is 18.8 Å². The third-order valence-electron chi connectivity index (χ3n) is 1.53. The molecule has 1 aromatic rings. The van der Waals surface area contributed by atoms with Gasteiger partial charge in [0.25, 0.3) is 0 Å². The minimum Gasteiger partial charge on any atom is -0.364 e. The third-order valence-corrected chi connectivity index (χ3v) is 1.53. The van der Waals surface area contributed by atoms with Crippen molar-refractivity contribution in [2.45, 2.75) is 13.3 Å². The first-order valence-electron chi connectivity index (χ1n) is 4.09. The van der Waals surface area contributed by atoms with Crippen LogP contribution in [0.1, 0.15) is 13.3 Å². The maximum Gasteiger partial charge on any atom is 0.311 e. The topological polar surface area (TPSA) is 68.1 Å². The van der Waals surface area contributed by atoms with Crippen molar-refractivity contribution >= 4 is 11.5 Å². The van der Waals surface area contributed by atoms with E-state index in [1.54, 1.807) is 6.07 Å². The van der Waals surface area contributed by atoms with E-state index in [1.165, 1.54) is 12.3 Å². The number of anilines is 1. The highest BCUT2D eigenvalue weighted by Crippen LogP contribution is 2.19. The van der Waals surface area contributed by atoms with Crippen molar-refractivity contribution in [3.05, 3.63) is 28.4 Å². The van der Waals surface area contributed by atoms with Gasteiger partial charge in [-0.1, -0.05) is 6.92 Å². The summed E-state index contributed by atoms with van der Waals surface area (Å²) in [7, 11) is 0. The van der Waals surface area contributed by atoms with E-state index in [4.69, 9.17) is 0 Å². The van der Waals surface area contributed by atoms with Gasteiger partial charge in [-0.25, -0.2) is 4.98 Å². The molecule has 0 radical (unpaired) electrons. The largest absolute Gasteiger partial charge is 0.364 e. The number of aromatic nitrogens is 1. The summed E-state index contributed by atoms with van der Waals surface area (Å²) in [4.78, 5) is 14.0. The number of rotatable bonds is 4. The molecule has 1 heterocycles. The predicted molar refractivity (Wildman–Crippen MR) is 49.7 cm³/mol. The molecule has 0 saturated heterocycles. The minimum absolute atomic E-state index is 0.0240. The molecule has 0 bridgehead atoms. The van der Waals surface area contributed by atoms with Crippen molar-refractivity contribution in [3.8, 4) is 0 Å². The summed E-state index contributed by atoms with van der Waals surface area (Å²) in [5, 5.41) is 13.4. The summed E-state index contributed by atoms with van der Waals surface area (Å²) in [5.74, 6) is 0.342. The summed E-state index contributed by atoms with van der Waals surface area (Å²) >= 11 is 0. The number of hydrogen-bond donors (Lipinski definition) is 1. The zero-order chi connectivity index (χ0) is 9.68. The van der Waals surface area contributed by atoms with Gasteiger partial charge in [-0.3, -0.25) is 10.1 Å². The number of nitro groups is 1. The fourth-order valence-electron chi connectivity index (χ4n) is 0.924. The lowest BCUT2D eigenvalue weighted by Gasteiger charge is -2.02. The summed E-state index contributed by atoms with van der Waals surface area (Å²) in [6, 6.07) is 2.99. The molecule has 0 saturated carbocycles. The van der Waals surface area contributed by atoms with E-state index in [0.717, 1.165) is 6.42 Å². The molecule has 0 aliphatic carbocycles. The van der Waals surface area contributed by atoms with E-state index in [9.17, 15) is 10.1 Å². The Morgan fingerprint density at radius 3 is 3.08 bits per heavy atom. The average molecular weight is 181 g/mol. The lowest BCUT2D eigenvalue weighted by molar-refractivity contribution is -0.384. The van der Waals surface area contributed by atoms with Gasteiger partial charge in [-0.2, -0.15) is 0 Å². The van der Waals surface area contributed by atoms with Gasteiger partial charge in [0.1, 0.15) is 0 Å². The number of hydrogen-bond acceptors (Lipinski definition) is 4. The van der Waals surface area contributed by atoms with Crippen LogP contribution in [-0.2, 0) is 0 Å². The molecule has 0 aliphatic heterocycles. The quantitative estimate of drug-likeness (QED) is 0.568. The molecule has 0 aromatic carbocycles. The molecular formula is C8H11N3O2. The highest BCUT2D eigenvalue weighted by atomic mass is 16.6.